The molecule has 5 fully saturated rings. The van der Waals surface area contributed by atoms with Crippen LogP contribution in [0.4, 0.5) is 0 Å². The van der Waals surface area contributed by atoms with Gasteiger partial charge in [0, 0.05) is 25.6 Å². The van der Waals surface area contributed by atoms with Crippen LogP contribution >= 0.6 is 0 Å². The number of hydrogen-bond acceptors (Lipinski definition) is 5. The molecule has 22 heavy (non-hydrogen) atoms. The van der Waals surface area contributed by atoms with Crippen molar-refractivity contribution >= 4 is 0 Å². The second kappa shape index (κ2) is 5.03. The van der Waals surface area contributed by atoms with E-state index in [1.807, 2.05) is 0 Å². The van der Waals surface area contributed by atoms with E-state index in [2.05, 4.69) is 22.4 Å². The van der Waals surface area contributed by atoms with E-state index in [1.165, 1.54) is 32.1 Å². The van der Waals surface area contributed by atoms with Crippen LogP contribution in [0, 0.1) is 23.7 Å². The van der Waals surface area contributed by atoms with Gasteiger partial charge in [0.2, 0.25) is 5.89 Å². The van der Waals surface area contributed by atoms with E-state index < -0.39 is 0 Å². The van der Waals surface area contributed by atoms with Crippen molar-refractivity contribution in [2.24, 2.45) is 23.7 Å². The minimum absolute atomic E-state index is 0.267. The highest BCUT2D eigenvalue weighted by Gasteiger charge is 2.50. The molecule has 0 spiro atoms. The Kier molecular flexibility index (Phi) is 3.09. The van der Waals surface area contributed by atoms with Crippen molar-refractivity contribution in [3.05, 3.63) is 11.7 Å². The van der Waals surface area contributed by atoms with E-state index in [9.17, 15) is 0 Å². The number of rotatable bonds is 2. The van der Waals surface area contributed by atoms with Crippen molar-refractivity contribution in [3.8, 4) is 0 Å². The average Bonchev–Trinajstić information content (AvgIpc) is 2.96. The smallest absolute Gasteiger partial charge is 0.230 e. The molecule has 1 aliphatic heterocycles. The van der Waals surface area contributed by atoms with E-state index in [0.717, 1.165) is 55.0 Å². The number of nitrogens with zero attached hydrogens (tertiary/aromatic N) is 3. The molecule has 0 radical (unpaired) electrons. The predicted octanol–water partition coefficient (Wildman–Crippen LogP) is 2.19. The molecule has 5 aliphatic rings. The van der Waals surface area contributed by atoms with Crippen LogP contribution in [0.25, 0.3) is 0 Å². The lowest BCUT2D eigenvalue weighted by Gasteiger charge is -2.53. The molecule has 0 aromatic carbocycles. The standard InChI is InChI=1S/C17H26N4O/c1-21-3-2-18-9-14(21)16-19-17(22-20-16)15-12-5-10-4-11(7-12)8-13(15)6-10/h10-15,18H,2-9H2,1H3. The van der Waals surface area contributed by atoms with E-state index in [1.54, 1.807) is 0 Å². The largest absolute Gasteiger partial charge is 0.339 e. The molecule has 1 atom stereocenters. The minimum Gasteiger partial charge on any atom is -0.339 e. The molecule has 1 N–H and O–H groups in total. The summed E-state index contributed by atoms with van der Waals surface area (Å²) in [5, 5.41) is 7.80. The van der Waals surface area contributed by atoms with Gasteiger partial charge in [0.25, 0.3) is 0 Å². The van der Waals surface area contributed by atoms with E-state index in [0.29, 0.717) is 5.92 Å². The first kappa shape index (κ1) is 13.5. The summed E-state index contributed by atoms with van der Waals surface area (Å²) < 4.78 is 5.78. The highest BCUT2D eigenvalue weighted by molar-refractivity contribution is 5.10. The zero-order chi connectivity index (χ0) is 14.7. The second-order valence-corrected chi connectivity index (χ2v) is 8.15. The quantitative estimate of drug-likeness (QED) is 0.907. The molecule has 4 saturated carbocycles. The molecule has 1 aromatic heterocycles. The van der Waals surface area contributed by atoms with Gasteiger partial charge in [-0.15, -0.1) is 0 Å². The normalized spacial score (nSPS) is 44.6. The SMILES string of the molecule is CN1CCNCC1c1noc(C2C3CC4CC(C3)CC2C4)n1. The van der Waals surface area contributed by atoms with Crippen LogP contribution in [0.3, 0.4) is 0 Å². The Balaban J connectivity index is 1.40. The first-order valence-corrected chi connectivity index (χ1v) is 9.02. The topological polar surface area (TPSA) is 54.2 Å². The maximum atomic E-state index is 5.78. The Bertz CT molecular complexity index is 529. The number of hydrogen-bond donors (Lipinski definition) is 1. The minimum atomic E-state index is 0.267. The van der Waals surface area contributed by atoms with Gasteiger partial charge in [0.1, 0.15) is 0 Å². The van der Waals surface area contributed by atoms with Crippen LogP contribution in [0.5, 0.6) is 0 Å². The van der Waals surface area contributed by atoms with Crippen LogP contribution in [0.15, 0.2) is 4.52 Å². The molecule has 1 saturated heterocycles. The summed E-state index contributed by atoms with van der Waals surface area (Å²) in [5.74, 6) is 6.00. The zero-order valence-corrected chi connectivity index (χ0v) is 13.4. The van der Waals surface area contributed by atoms with Crippen molar-refractivity contribution in [1.29, 1.82) is 0 Å². The zero-order valence-electron chi connectivity index (χ0n) is 13.4. The molecule has 2 heterocycles. The summed E-state index contributed by atoms with van der Waals surface area (Å²) in [7, 11) is 2.16. The van der Waals surface area contributed by atoms with Gasteiger partial charge < -0.3 is 9.84 Å². The van der Waals surface area contributed by atoms with Crippen LogP contribution in [0.2, 0.25) is 0 Å². The highest BCUT2D eigenvalue weighted by Crippen LogP contribution is 2.59. The molecule has 120 valence electrons. The third kappa shape index (κ3) is 2.05. The maximum absolute atomic E-state index is 5.78. The molecule has 1 aromatic rings. The third-order valence-electron chi connectivity index (χ3n) is 6.78. The van der Waals surface area contributed by atoms with Gasteiger partial charge in [-0.3, -0.25) is 4.90 Å². The first-order valence-electron chi connectivity index (χ1n) is 9.02. The molecule has 1 unspecified atom stereocenters. The molecule has 0 amide bonds. The molecular weight excluding hydrogens is 276 g/mol. The Hall–Kier alpha value is -0.940. The van der Waals surface area contributed by atoms with Crippen LogP contribution in [-0.2, 0) is 0 Å². The van der Waals surface area contributed by atoms with Gasteiger partial charge in [0.15, 0.2) is 5.82 Å². The van der Waals surface area contributed by atoms with Crippen molar-refractivity contribution < 1.29 is 4.52 Å². The van der Waals surface area contributed by atoms with Crippen LogP contribution in [-0.4, -0.2) is 41.7 Å². The van der Waals surface area contributed by atoms with E-state index in [-0.39, 0.29) is 6.04 Å². The Morgan fingerprint density at radius 3 is 2.50 bits per heavy atom. The van der Waals surface area contributed by atoms with Crippen molar-refractivity contribution in [2.45, 2.75) is 44.1 Å². The summed E-state index contributed by atoms with van der Waals surface area (Å²) in [6.07, 6.45) is 7.11. The molecule has 5 heteroatoms. The summed E-state index contributed by atoms with van der Waals surface area (Å²) in [6, 6.07) is 0.267. The van der Waals surface area contributed by atoms with E-state index in [4.69, 9.17) is 9.51 Å². The second-order valence-electron chi connectivity index (χ2n) is 8.15. The lowest BCUT2D eigenvalue weighted by molar-refractivity contribution is -0.0131. The third-order valence-corrected chi connectivity index (χ3v) is 6.78. The Morgan fingerprint density at radius 1 is 1.09 bits per heavy atom. The summed E-state index contributed by atoms with van der Waals surface area (Å²) in [5.41, 5.74) is 0. The van der Waals surface area contributed by atoms with Crippen molar-refractivity contribution in [1.82, 2.24) is 20.4 Å². The van der Waals surface area contributed by atoms with Gasteiger partial charge in [-0.2, -0.15) is 4.98 Å². The Morgan fingerprint density at radius 2 is 1.82 bits per heavy atom. The first-order chi connectivity index (χ1) is 10.8. The van der Waals surface area contributed by atoms with Gasteiger partial charge in [0.05, 0.1) is 6.04 Å². The Labute approximate surface area is 131 Å². The molecule has 6 rings (SSSR count). The molecule has 4 bridgehead atoms. The monoisotopic (exact) mass is 302 g/mol. The van der Waals surface area contributed by atoms with Gasteiger partial charge in [-0.1, -0.05) is 5.16 Å². The lowest BCUT2D eigenvalue weighted by Crippen LogP contribution is -2.44. The fourth-order valence-corrected chi connectivity index (χ4v) is 5.94. The summed E-state index contributed by atoms with van der Waals surface area (Å²) in [4.78, 5) is 7.21. The highest BCUT2D eigenvalue weighted by atomic mass is 16.5. The van der Waals surface area contributed by atoms with Crippen molar-refractivity contribution in [2.75, 3.05) is 26.7 Å². The number of piperazine rings is 1. The molecular formula is C17H26N4O. The fraction of sp³-hybridized carbons (Fsp3) is 0.882. The summed E-state index contributed by atoms with van der Waals surface area (Å²) >= 11 is 0. The molecule has 4 aliphatic carbocycles. The van der Waals surface area contributed by atoms with Gasteiger partial charge in [-0.25, -0.2) is 0 Å². The number of aromatic nitrogens is 2. The van der Waals surface area contributed by atoms with Crippen molar-refractivity contribution in [3.63, 3.8) is 0 Å². The maximum Gasteiger partial charge on any atom is 0.230 e. The van der Waals surface area contributed by atoms with Crippen LogP contribution < -0.4 is 5.32 Å². The van der Waals surface area contributed by atoms with Gasteiger partial charge >= 0.3 is 0 Å². The van der Waals surface area contributed by atoms with Crippen LogP contribution in [0.1, 0.15) is 55.8 Å². The molecule has 5 nitrogen and oxygen atoms in total. The summed E-state index contributed by atoms with van der Waals surface area (Å²) in [6.45, 7) is 3.02. The average molecular weight is 302 g/mol. The lowest BCUT2D eigenvalue weighted by atomic mass is 9.52. The van der Waals surface area contributed by atoms with E-state index >= 15 is 0 Å². The number of likely N-dealkylation sites (N-methyl/N-ethyl adjacent to an activating group) is 1. The fourth-order valence-electron chi connectivity index (χ4n) is 5.94. The van der Waals surface area contributed by atoms with Gasteiger partial charge in [-0.05, 0) is 62.8 Å². The number of nitrogens with one attached hydrogen (secondary N) is 1. The predicted molar refractivity (Wildman–Crippen MR) is 82.3 cm³/mol.